The van der Waals surface area contributed by atoms with Gasteiger partial charge in [-0.25, -0.2) is 5.01 Å². The molecule has 19 heavy (non-hydrogen) atoms. The summed E-state index contributed by atoms with van der Waals surface area (Å²) in [5.41, 5.74) is 1.73. The normalized spacial score (nSPS) is 10.3. The van der Waals surface area contributed by atoms with Crippen LogP contribution in [0.1, 0.15) is 0 Å². The topological polar surface area (TPSA) is 41.0 Å². The average Bonchev–Trinajstić information content (AvgIpc) is 2.88. The highest BCUT2D eigenvalue weighted by Crippen LogP contribution is 2.24. The van der Waals surface area contributed by atoms with E-state index in [1.165, 1.54) is 10.9 Å². The van der Waals surface area contributed by atoms with Crippen LogP contribution in [0.4, 0.5) is 11.4 Å². The molecule has 0 bridgehead atoms. The van der Waals surface area contributed by atoms with E-state index in [-0.39, 0.29) is 5.56 Å². The van der Waals surface area contributed by atoms with Crippen LogP contribution in [0.5, 0.6) is 0 Å². The van der Waals surface area contributed by atoms with Crippen molar-refractivity contribution in [3.8, 4) is 0 Å². The Morgan fingerprint density at radius 3 is 1.74 bits per heavy atom. The predicted octanol–water partition coefficient (Wildman–Crippen LogP) is 2.78. The lowest BCUT2D eigenvalue weighted by molar-refractivity contribution is 0.678. The number of benzene rings is 2. The zero-order chi connectivity index (χ0) is 13.1. The summed E-state index contributed by atoms with van der Waals surface area (Å²) >= 11 is 0. The molecule has 3 rings (SSSR count). The van der Waals surface area contributed by atoms with E-state index in [0.29, 0.717) is 0 Å². The van der Waals surface area contributed by atoms with Crippen molar-refractivity contribution < 1.29 is 0 Å². The molecule has 0 spiro atoms. The highest BCUT2D eigenvalue weighted by Gasteiger charge is 2.12. The Balaban J connectivity index is 2.18. The summed E-state index contributed by atoms with van der Waals surface area (Å²) in [5.74, 6) is 0. The van der Waals surface area contributed by atoms with Gasteiger partial charge < -0.3 is 0 Å². The fourth-order valence-electron chi connectivity index (χ4n) is 1.99. The molecule has 0 amide bonds. The van der Waals surface area contributed by atoms with Crippen molar-refractivity contribution in [1.82, 2.24) is 9.89 Å². The fraction of sp³-hybridized carbons (Fsp3) is 0. The highest BCUT2D eigenvalue weighted by molar-refractivity contribution is 5.61. The molecule has 4 nitrogen and oxygen atoms in total. The summed E-state index contributed by atoms with van der Waals surface area (Å²) in [7, 11) is 0. The van der Waals surface area contributed by atoms with Gasteiger partial charge in [0.2, 0.25) is 0 Å². The Morgan fingerprint density at radius 2 is 1.32 bits per heavy atom. The lowest BCUT2D eigenvalue weighted by Gasteiger charge is -2.24. The third kappa shape index (κ3) is 2.15. The van der Waals surface area contributed by atoms with Gasteiger partial charge in [-0.3, -0.25) is 9.89 Å². The molecule has 0 saturated carbocycles. The number of H-pyrrole nitrogens is 1. The minimum Gasteiger partial charge on any atom is -0.283 e. The Bertz CT molecular complexity index is 661. The number of hydrogen-bond donors (Lipinski definition) is 1. The number of rotatable bonds is 3. The molecule has 1 N–H and O–H groups in total. The van der Waals surface area contributed by atoms with Gasteiger partial charge in [0, 0.05) is 12.3 Å². The summed E-state index contributed by atoms with van der Waals surface area (Å²) in [6.07, 6.45) is 1.63. The van der Waals surface area contributed by atoms with Crippen molar-refractivity contribution in [2.45, 2.75) is 0 Å². The summed E-state index contributed by atoms with van der Waals surface area (Å²) in [5, 5.41) is 4.77. The maximum absolute atomic E-state index is 11.9. The zero-order valence-electron chi connectivity index (χ0n) is 10.2. The summed E-state index contributed by atoms with van der Waals surface area (Å²) in [6.45, 7) is 0. The minimum absolute atomic E-state index is 0.104. The van der Waals surface area contributed by atoms with Crippen molar-refractivity contribution in [1.29, 1.82) is 0 Å². The number of aromatic nitrogens is 2. The lowest BCUT2D eigenvalue weighted by Crippen LogP contribution is -2.33. The molecule has 0 saturated heterocycles. The first kappa shape index (κ1) is 11.3. The summed E-state index contributed by atoms with van der Waals surface area (Å²) < 4.78 is 0. The molecule has 0 aliphatic carbocycles. The first-order chi connectivity index (χ1) is 9.36. The first-order valence-electron chi connectivity index (χ1n) is 6.03. The second-order valence-electron chi connectivity index (χ2n) is 4.10. The number of para-hydroxylation sites is 2. The van der Waals surface area contributed by atoms with Crippen LogP contribution in [0.25, 0.3) is 0 Å². The van der Waals surface area contributed by atoms with E-state index in [1.54, 1.807) is 6.20 Å². The molecular formula is C15H13N3O. The van der Waals surface area contributed by atoms with Gasteiger partial charge in [-0.15, -0.1) is 0 Å². The Labute approximate surface area is 110 Å². The van der Waals surface area contributed by atoms with Crippen molar-refractivity contribution in [3.63, 3.8) is 0 Å². The molecule has 0 aliphatic rings. The molecule has 0 atom stereocenters. The molecule has 2 aromatic carbocycles. The van der Waals surface area contributed by atoms with Gasteiger partial charge in [0.05, 0.1) is 11.4 Å². The standard InChI is InChI=1S/C15H13N3O/c19-15-11-12-16-18(15)17(13-7-3-1-4-8-13)14-9-5-2-6-10-14/h1-12,16H. The van der Waals surface area contributed by atoms with Crippen molar-refractivity contribution in [2.24, 2.45) is 0 Å². The smallest absolute Gasteiger partial charge is 0.283 e. The molecule has 0 radical (unpaired) electrons. The second-order valence-corrected chi connectivity index (χ2v) is 4.10. The van der Waals surface area contributed by atoms with Gasteiger partial charge in [0.1, 0.15) is 0 Å². The van der Waals surface area contributed by atoms with Crippen LogP contribution in [-0.2, 0) is 0 Å². The monoisotopic (exact) mass is 251 g/mol. The third-order valence-corrected chi connectivity index (χ3v) is 2.83. The van der Waals surface area contributed by atoms with Gasteiger partial charge >= 0.3 is 0 Å². The van der Waals surface area contributed by atoms with Crippen LogP contribution < -0.4 is 10.6 Å². The van der Waals surface area contributed by atoms with E-state index in [0.717, 1.165) is 11.4 Å². The van der Waals surface area contributed by atoms with Gasteiger partial charge in [-0.2, -0.15) is 4.79 Å². The number of hydrogen-bond acceptors (Lipinski definition) is 2. The molecule has 1 aromatic heterocycles. The SMILES string of the molecule is O=c1cc[nH]n1N(c1ccccc1)c1ccccc1. The molecule has 3 aromatic rings. The van der Waals surface area contributed by atoms with E-state index in [1.807, 2.05) is 65.7 Å². The van der Waals surface area contributed by atoms with Gasteiger partial charge in [-0.1, -0.05) is 36.4 Å². The molecule has 0 unspecified atom stereocenters. The van der Waals surface area contributed by atoms with Crippen LogP contribution in [-0.4, -0.2) is 9.89 Å². The quantitative estimate of drug-likeness (QED) is 0.777. The van der Waals surface area contributed by atoms with Gasteiger partial charge in [0.25, 0.3) is 5.56 Å². The fourth-order valence-corrected chi connectivity index (χ4v) is 1.99. The molecular weight excluding hydrogens is 238 g/mol. The summed E-state index contributed by atoms with van der Waals surface area (Å²) in [6, 6.07) is 21.0. The zero-order valence-corrected chi connectivity index (χ0v) is 10.2. The first-order valence-corrected chi connectivity index (χ1v) is 6.03. The highest BCUT2D eigenvalue weighted by atomic mass is 16.1. The number of nitrogens with zero attached hydrogens (tertiary/aromatic N) is 2. The van der Waals surface area contributed by atoms with Crippen LogP contribution in [0.2, 0.25) is 0 Å². The van der Waals surface area contributed by atoms with Crippen molar-refractivity contribution in [3.05, 3.63) is 83.3 Å². The van der Waals surface area contributed by atoms with Gasteiger partial charge in [0.15, 0.2) is 0 Å². The van der Waals surface area contributed by atoms with Crippen LogP contribution in [0, 0.1) is 0 Å². The van der Waals surface area contributed by atoms with Crippen LogP contribution in [0.15, 0.2) is 77.7 Å². The molecule has 94 valence electrons. The third-order valence-electron chi connectivity index (χ3n) is 2.83. The number of aromatic amines is 1. The Morgan fingerprint density at radius 1 is 0.789 bits per heavy atom. The van der Waals surface area contributed by atoms with E-state index in [9.17, 15) is 4.79 Å². The average molecular weight is 251 g/mol. The Kier molecular flexibility index (Phi) is 2.90. The molecule has 4 heteroatoms. The minimum atomic E-state index is -0.104. The molecule has 0 fully saturated rings. The van der Waals surface area contributed by atoms with E-state index >= 15 is 0 Å². The van der Waals surface area contributed by atoms with Gasteiger partial charge in [-0.05, 0) is 24.3 Å². The number of nitrogens with one attached hydrogen (secondary N) is 1. The van der Waals surface area contributed by atoms with E-state index in [2.05, 4.69) is 5.10 Å². The Hall–Kier alpha value is -2.75. The lowest BCUT2D eigenvalue weighted by atomic mass is 10.2. The summed E-state index contributed by atoms with van der Waals surface area (Å²) in [4.78, 5) is 13.4. The predicted molar refractivity (Wildman–Crippen MR) is 75.5 cm³/mol. The van der Waals surface area contributed by atoms with Crippen molar-refractivity contribution in [2.75, 3.05) is 5.01 Å². The van der Waals surface area contributed by atoms with Crippen molar-refractivity contribution >= 4 is 11.4 Å². The van der Waals surface area contributed by atoms with Crippen LogP contribution >= 0.6 is 0 Å². The molecule has 1 heterocycles. The van der Waals surface area contributed by atoms with Crippen LogP contribution in [0.3, 0.4) is 0 Å². The maximum atomic E-state index is 11.9. The number of anilines is 2. The molecule has 0 aliphatic heterocycles. The van der Waals surface area contributed by atoms with E-state index in [4.69, 9.17) is 0 Å². The second kappa shape index (κ2) is 4.86. The maximum Gasteiger partial charge on any atom is 0.286 e. The van der Waals surface area contributed by atoms with E-state index < -0.39 is 0 Å². The largest absolute Gasteiger partial charge is 0.286 e.